The lowest BCUT2D eigenvalue weighted by Crippen LogP contribution is -2.48. The molecule has 20 heavy (non-hydrogen) atoms. The summed E-state index contributed by atoms with van der Waals surface area (Å²) in [6, 6.07) is 7.63. The summed E-state index contributed by atoms with van der Waals surface area (Å²) in [5.41, 5.74) is -0.780. The van der Waals surface area contributed by atoms with Crippen molar-refractivity contribution >= 4 is 37.8 Å². The van der Waals surface area contributed by atoms with E-state index in [0.717, 1.165) is 21.8 Å². The number of benzene rings is 1. The maximum absolute atomic E-state index is 11.9. The maximum atomic E-state index is 11.9. The van der Waals surface area contributed by atoms with Crippen LogP contribution in [0.25, 0.3) is 0 Å². The maximum Gasteiger partial charge on any atom is 0.259 e. The normalized spacial score (nSPS) is 16.9. The highest BCUT2D eigenvalue weighted by molar-refractivity contribution is 9.11. The van der Waals surface area contributed by atoms with E-state index in [9.17, 15) is 10.1 Å². The summed E-state index contributed by atoms with van der Waals surface area (Å²) in [5.74, 6) is 0.570. The Hall–Kier alpha value is -1.06. The van der Waals surface area contributed by atoms with E-state index in [2.05, 4.69) is 43.2 Å². The number of hydrogen-bond acceptors (Lipinski definition) is 3. The number of ether oxygens (including phenoxy) is 1. The third kappa shape index (κ3) is 3.74. The Bertz CT molecular complexity index is 567. The van der Waals surface area contributed by atoms with E-state index in [1.54, 1.807) is 13.0 Å². The number of nitrogens with zero attached hydrogens (tertiary/aromatic N) is 1. The molecule has 1 fully saturated rings. The minimum absolute atomic E-state index is 0.107. The van der Waals surface area contributed by atoms with Gasteiger partial charge in [0.2, 0.25) is 0 Å². The zero-order valence-corrected chi connectivity index (χ0v) is 14.1. The lowest BCUT2D eigenvalue weighted by Gasteiger charge is -2.22. The van der Waals surface area contributed by atoms with Gasteiger partial charge < -0.3 is 10.1 Å². The van der Waals surface area contributed by atoms with Gasteiger partial charge in [0.1, 0.15) is 11.3 Å². The Morgan fingerprint density at radius 2 is 2.25 bits per heavy atom. The van der Waals surface area contributed by atoms with Gasteiger partial charge in [-0.25, -0.2) is 0 Å². The van der Waals surface area contributed by atoms with Crippen LogP contribution in [0.5, 0.6) is 5.75 Å². The van der Waals surface area contributed by atoms with Gasteiger partial charge in [-0.05, 0) is 59.8 Å². The fraction of sp³-hybridized carbons (Fsp3) is 0.429. The minimum atomic E-state index is -0.780. The Labute approximate surface area is 134 Å². The first-order chi connectivity index (χ1) is 9.44. The fourth-order valence-electron chi connectivity index (χ4n) is 1.94. The highest BCUT2D eigenvalue weighted by Crippen LogP contribution is 2.39. The molecule has 0 bridgehead atoms. The van der Waals surface area contributed by atoms with Gasteiger partial charge in [0.05, 0.1) is 10.5 Å². The largest absolute Gasteiger partial charge is 0.483 e. The standard InChI is InChI=1S/C14H14Br2N2O2/c1-14(8-17,9-2-3-9)18-13(19)7-20-12-5-4-10(15)6-11(12)16/h4-6,9H,2-3,7H2,1H3,(H,18,19)/t14-/m0/s1. The van der Waals surface area contributed by atoms with E-state index < -0.39 is 5.54 Å². The molecule has 0 radical (unpaired) electrons. The number of hydrogen-bond donors (Lipinski definition) is 1. The van der Waals surface area contributed by atoms with Crippen molar-refractivity contribution in [3.63, 3.8) is 0 Å². The van der Waals surface area contributed by atoms with Crippen LogP contribution in [-0.4, -0.2) is 18.1 Å². The van der Waals surface area contributed by atoms with E-state index >= 15 is 0 Å². The fourth-order valence-corrected chi connectivity index (χ4v) is 3.10. The molecule has 2 rings (SSSR count). The number of carbonyl (C=O) groups excluding carboxylic acids is 1. The highest BCUT2D eigenvalue weighted by Gasteiger charge is 2.43. The number of halogens is 2. The molecule has 1 atom stereocenters. The van der Waals surface area contributed by atoms with Crippen LogP contribution < -0.4 is 10.1 Å². The average molecular weight is 402 g/mol. The van der Waals surface area contributed by atoms with Crippen molar-refractivity contribution in [2.75, 3.05) is 6.61 Å². The summed E-state index contributed by atoms with van der Waals surface area (Å²) in [4.78, 5) is 11.9. The second kappa shape index (κ2) is 6.15. The molecule has 0 heterocycles. The second-order valence-electron chi connectivity index (χ2n) is 5.00. The van der Waals surface area contributed by atoms with Crippen LogP contribution in [0.3, 0.4) is 0 Å². The molecule has 1 N–H and O–H groups in total. The summed E-state index contributed by atoms with van der Waals surface area (Å²) in [7, 11) is 0. The van der Waals surface area contributed by atoms with Crippen LogP contribution in [0.1, 0.15) is 19.8 Å². The van der Waals surface area contributed by atoms with Crippen LogP contribution in [0.4, 0.5) is 0 Å². The van der Waals surface area contributed by atoms with E-state index in [1.807, 2.05) is 12.1 Å². The molecular formula is C14H14Br2N2O2. The van der Waals surface area contributed by atoms with Crippen molar-refractivity contribution < 1.29 is 9.53 Å². The van der Waals surface area contributed by atoms with E-state index in [4.69, 9.17) is 4.74 Å². The number of nitrogens with one attached hydrogen (secondary N) is 1. The van der Waals surface area contributed by atoms with Crippen molar-refractivity contribution in [3.05, 3.63) is 27.1 Å². The van der Waals surface area contributed by atoms with Gasteiger partial charge in [-0.15, -0.1) is 0 Å². The van der Waals surface area contributed by atoms with E-state index in [-0.39, 0.29) is 18.4 Å². The van der Waals surface area contributed by atoms with Gasteiger partial charge in [-0.3, -0.25) is 4.79 Å². The summed E-state index contributed by atoms with van der Waals surface area (Å²) in [5, 5.41) is 11.9. The number of rotatable bonds is 5. The number of amides is 1. The van der Waals surface area contributed by atoms with Gasteiger partial charge in [-0.1, -0.05) is 15.9 Å². The molecule has 6 heteroatoms. The Balaban J connectivity index is 1.90. The first-order valence-corrected chi connectivity index (χ1v) is 7.83. The topological polar surface area (TPSA) is 62.1 Å². The van der Waals surface area contributed by atoms with Gasteiger partial charge in [-0.2, -0.15) is 5.26 Å². The van der Waals surface area contributed by atoms with Crippen LogP contribution in [-0.2, 0) is 4.79 Å². The second-order valence-corrected chi connectivity index (χ2v) is 6.77. The molecule has 0 aromatic heterocycles. The molecule has 1 saturated carbocycles. The first-order valence-electron chi connectivity index (χ1n) is 6.25. The molecule has 4 nitrogen and oxygen atoms in total. The van der Waals surface area contributed by atoms with Crippen LogP contribution in [0.15, 0.2) is 27.1 Å². The average Bonchev–Trinajstić information content (AvgIpc) is 3.22. The van der Waals surface area contributed by atoms with Crippen molar-refractivity contribution in [2.24, 2.45) is 5.92 Å². The predicted octanol–water partition coefficient (Wildman–Crippen LogP) is 3.40. The highest BCUT2D eigenvalue weighted by atomic mass is 79.9. The van der Waals surface area contributed by atoms with Gasteiger partial charge in [0.15, 0.2) is 6.61 Å². The molecule has 1 amide bonds. The lowest BCUT2D eigenvalue weighted by atomic mass is 9.98. The molecular weight excluding hydrogens is 388 g/mol. The summed E-state index contributed by atoms with van der Waals surface area (Å²) >= 11 is 6.71. The smallest absolute Gasteiger partial charge is 0.259 e. The first kappa shape index (κ1) is 15.3. The molecule has 1 aliphatic rings. The van der Waals surface area contributed by atoms with Crippen LogP contribution in [0, 0.1) is 17.2 Å². The summed E-state index contributed by atoms with van der Waals surface area (Å²) < 4.78 is 7.15. The molecule has 0 aliphatic heterocycles. The third-order valence-corrected chi connectivity index (χ3v) is 4.39. The van der Waals surface area contributed by atoms with Gasteiger partial charge in [0, 0.05) is 4.47 Å². The zero-order valence-electron chi connectivity index (χ0n) is 11.0. The van der Waals surface area contributed by atoms with Crippen molar-refractivity contribution in [2.45, 2.75) is 25.3 Å². The zero-order chi connectivity index (χ0) is 14.8. The van der Waals surface area contributed by atoms with E-state index in [0.29, 0.717) is 5.75 Å². The van der Waals surface area contributed by atoms with Gasteiger partial charge in [0.25, 0.3) is 5.91 Å². The SMILES string of the molecule is C[C@@](C#N)(NC(=O)COc1ccc(Br)cc1Br)C1CC1. The minimum Gasteiger partial charge on any atom is -0.483 e. The molecule has 106 valence electrons. The quantitative estimate of drug-likeness (QED) is 0.822. The summed E-state index contributed by atoms with van der Waals surface area (Å²) in [6.45, 7) is 1.66. The Morgan fingerprint density at radius 3 is 2.80 bits per heavy atom. The van der Waals surface area contributed by atoms with Crippen LogP contribution >= 0.6 is 31.9 Å². The predicted molar refractivity (Wildman–Crippen MR) is 82.2 cm³/mol. The van der Waals surface area contributed by atoms with Crippen LogP contribution in [0.2, 0.25) is 0 Å². The molecule has 0 unspecified atom stereocenters. The van der Waals surface area contributed by atoms with Crippen molar-refractivity contribution in [1.29, 1.82) is 5.26 Å². The van der Waals surface area contributed by atoms with Gasteiger partial charge >= 0.3 is 0 Å². The summed E-state index contributed by atoms with van der Waals surface area (Å²) in [6.07, 6.45) is 1.98. The molecule has 0 spiro atoms. The third-order valence-electron chi connectivity index (χ3n) is 3.28. The molecule has 0 saturated heterocycles. The molecule has 1 aromatic rings. The Kier molecular flexibility index (Phi) is 4.71. The number of carbonyl (C=O) groups is 1. The monoisotopic (exact) mass is 400 g/mol. The van der Waals surface area contributed by atoms with Crippen molar-refractivity contribution in [1.82, 2.24) is 5.32 Å². The number of nitriles is 1. The van der Waals surface area contributed by atoms with Crippen molar-refractivity contribution in [3.8, 4) is 11.8 Å². The lowest BCUT2D eigenvalue weighted by molar-refractivity contribution is -0.124. The van der Waals surface area contributed by atoms with E-state index in [1.165, 1.54) is 0 Å². The molecule has 1 aliphatic carbocycles. The molecule has 1 aromatic carbocycles. The Morgan fingerprint density at radius 1 is 1.55 bits per heavy atom.